The molecule has 0 fully saturated rings. The summed E-state index contributed by atoms with van der Waals surface area (Å²) >= 11 is 0. The fraction of sp³-hybridized carbons (Fsp3) is 0.455. The van der Waals surface area contributed by atoms with Gasteiger partial charge in [-0.25, -0.2) is 0 Å². The third kappa shape index (κ3) is 3.01. The second kappa shape index (κ2) is 5.62. The van der Waals surface area contributed by atoms with Crippen LogP contribution in [0.2, 0.25) is 0 Å². The summed E-state index contributed by atoms with van der Waals surface area (Å²) < 4.78 is 10.2. The van der Waals surface area contributed by atoms with Crippen LogP contribution in [0.5, 0.6) is 5.75 Å². The molecule has 0 saturated carbocycles. The van der Waals surface area contributed by atoms with E-state index in [9.17, 15) is 0 Å². The second-order valence-electron chi connectivity index (χ2n) is 3.14. The zero-order chi connectivity index (χ0) is 10.4. The summed E-state index contributed by atoms with van der Waals surface area (Å²) in [4.78, 5) is 0. The first-order chi connectivity index (χ1) is 6.77. The fourth-order valence-corrected chi connectivity index (χ4v) is 1.25. The molecule has 1 aromatic rings. The molecule has 0 radical (unpaired) electrons. The lowest BCUT2D eigenvalue weighted by molar-refractivity contribution is 0.0502. The van der Waals surface area contributed by atoms with Crippen LogP contribution in [0.1, 0.15) is 11.1 Å². The Morgan fingerprint density at radius 3 is 2.79 bits per heavy atom. The summed E-state index contributed by atoms with van der Waals surface area (Å²) in [5.74, 6) is 0.792. The van der Waals surface area contributed by atoms with E-state index in [0.717, 1.165) is 16.9 Å². The van der Waals surface area contributed by atoms with E-state index in [2.05, 4.69) is 0 Å². The van der Waals surface area contributed by atoms with Crippen molar-refractivity contribution in [2.24, 2.45) is 0 Å². The smallest absolute Gasteiger partial charge is 0.188 e. The number of benzene rings is 1. The van der Waals surface area contributed by atoms with Crippen LogP contribution in [0.25, 0.3) is 0 Å². The predicted molar refractivity (Wildman–Crippen MR) is 54.5 cm³/mol. The van der Waals surface area contributed by atoms with Crippen molar-refractivity contribution in [3.05, 3.63) is 29.3 Å². The Labute approximate surface area is 84.3 Å². The monoisotopic (exact) mass is 196 g/mol. The molecule has 0 spiro atoms. The molecule has 0 amide bonds. The minimum Gasteiger partial charge on any atom is -0.467 e. The summed E-state index contributed by atoms with van der Waals surface area (Å²) in [6, 6.07) is 5.92. The molecule has 0 bridgehead atoms. The summed E-state index contributed by atoms with van der Waals surface area (Å²) in [6.45, 7) is 2.37. The number of hydrogen-bond donors (Lipinski definition) is 1. The highest BCUT2D eigenvalue weighted by Gasteiger charge is 2.03. The molecule has 0 aliphatic heterocycles. The summed E-state index contributed by atoms with van der Waals surface area (Å²) in [7, 11) is 1.58. The summed E-state index contributed by atoms with van der Waals surface area (Å²) in [5, 5.41) is 8.85. The van der Waals surface area contributed by atoms with Gasteiger partial charge >= 0.3 is 0 Å². The van der Waals surface area contributed by atoms with Crippen molar-refractivity contribution in [3.63, 3.8) is 0 Å². The molecule has 1 aromatic carbocycles. The molecule has 78 valence electrons. The van der Waals surface area contributed by atoms with Crippen LogP contribution >= 0.6 is 0 Å². The van der Waals surface area contributed by atoms with E-state index in [1.165, 1.54) is 0 Å². The SMILES string of the molecule is COCOc1cc(C)ccc1CCO. The lowest BCUT2D eigenvalue weighted by Gasteiger charge is -2.10. The third-order valence-electron chi connectivity index (χ3n) is 1.94. The van der Waals surface area contributed by atoms with Gasteiger partial charge in [0.25, 0.3) is 0 Å². The van der Waals surface area contributed by atoms with Crippen molar-refractivity contribution >= 4 is 0 Å². The van der Waals surface area contributed by atoms with Gasteiger partial charge in [-0.3, -0.25) is 0 Å². The van der Waals surface area contributed by atoms with Gasteiger partial charge < -0.3 is 14.6 Å². The predicted octanol–water partition coefficient (Wildman–Crippen LogP) is 1.51. The molecule has 3 nitrogen and oxygen atoms in total. The zero-order valence-electron chi connectivity index (χ0n) is 8.62. The van der Waals surface area contributed by atoms with Gasteiger partial charge in [0.05, 0.1) is 0 Å². The Balaban J connectivity index is 2.79. The van der Waals surface area contributed by atoms with E-state index in [-0.39, 0.29) is 13.4 Å². The first-order valence-electron chi connectivity index (χ1n) is 4.60. The van der Waals surface area contributed by atoms with Gasteiger partial charge in [-0.1, -0.05) is 12.1 Å². The number of methoxy groups -OCH3 is 1. The minimum absolute atomic E-state index is 0.131. The van der Waals surface area contributed by atoms with Crippen molar-refractivity contribution in [1.29, 1.82) is 0 Å². The quantitative estimate of drug-likeness (QED) is 0.725. The number of aryl methyl sites for hydroxylation is 1. The van der Waals surface area contributed by atoms with Crippen LogP contribution in [0.15, 0.2) is 18.2 Å². The van der Waals surface area contributed by atoms with Gasteiger partial charge in [0, 0.05) is 13.7 Å². The molecule has 0 saturated heterocycles. The van der Waals surface area contributed by atoms with Gasteiger partial charge in [0.15, 0.2) is 6.79 Å². The Kier molecular flexibility index (Phi) is 4.43. The highest BCUT2D eigenvalue weighted by atomic mass is 16.7. The number of rotatable bonds is 5. The molecule has 0 heterocycles. The van der Waals surface area contributed by atoms with E-state index < -0.39 is 0 Å². The van der Waals surface area contributed by atoms with Crippen molar-refractivity contribution in [1.82, 2.24) is 0 Å². The molecule has 14 heavy (non-hydrogen) atoms. The van der Waals surface area contributed by atoms with Gasteiger partial charge in [0.1, 0.15) is 5.75 Å². The lowest BCUT2D eigenvalue weighted by atomic mass is 10.1. The summed E-state index contributed by atoms with van der Waals surface area (Å²) in [6.07, 6.45) is 0.610. The van der Waals surface area contributed by atoms with Crippen molar-refractivity contribution in [2.75, 3.05) is 20.5 Å². The molecular weight excluding hydrogens is 180 g/mol. The fourth-order valence-electron chi connectivity index (χ4n) is 1.25. The van der Waals surface area contributed by atoms with E-state index in [1.54, 1.807) is 7.11 Å². The van der Waals surface area contributed by atoms with Crippen LogP contribution < -0.4 is 4.74 Å². The van der Waals surface area contributed by atoms with Crippen LogP contribution in [-0.2, 0) is 11.2 Å². The number of aliphatic hydroxyl groups is 1. The van der Waals surface area contributed by atoms with Gasteiger partial charge in [-0.2, -0.15) is 0 Å². The third-order valence-corrected chi connectivity index (χ3v) is 1.94. The van der Waals surface area contributed by atoms with Gasteiger partial charge in [-0.15, -0.1) is 0 Å². The highest BCUT2D eigenvalue weighted by molar-refractivity contribution is 5.37. The molecular formula is C11H16O3. The minimum atomic E-state index is 0.131. The Hall–Kier alpha value is -1.06. The molecule has 0 atom stereocenters. The number of aliphatic hydroxyl groups excluding tert-OH is 1. The number of hydrogen-bond acceptors (Lipinski definition) is 3. The van der Waals surface area contributed by atoms with E-state index in [0.29, 0.717) is 6.42 Å². The Morgan fingerprint density at radius 2 is 2.14 bits per heavy atom. The Morgan fingerprint density at radius 1 is 1.36 bits per heavy atom. The molecule has 3 heteroatoms. The van der Waals surface area contributed by atoms with Crippen LogP contribution in [-0.4, -0.2) is 25.6 Å². The van der Waals surface area contributed by atoms with E-state index >= 15 is 0 Å². The zero-order valence-corrected chi connectivity index (χ0v) is 8.62. The number of ether oxygens (including phenoxy) is 2. The molecule has 0 unspecified atom stereocenters. The standard InChI is InChI=1S/C11H16O3/c1-9-3-4-10(5-6-12)11(7-9)14-8-13-2/h3-4,7,12H,5-6,8H2,1-2H3. The highest BCUT2D eigenvalue weighted by Crippen LogP contribution is 2.20. The first-order valence-corrected chi connectivity index (χ1v) is 4.60. The topological polar surface area (TPSA) is 38.7 Å². The van der Waals surface area contributed by atoms with Crippen LogP contribution in [0.4, 0.5) is 0 Å². The Bertz CT molecular complexity index is 284. The van der Waals surface area contributed by atoms with Crippen LogP contribution in [0.3, 0.4) is 0 Å². The molecule has 1 rings (SSSR count). The van der Waals surface area contributed by atoms with Gasteiger partial charge in [-0.05, 0) is 30.5 Å². The normalized spacial score (nSPS) is 10.2. The maximum Gasteiger partial charge on any atom is 0.188 e. The second-order valence-corrected chi connectivity index (χ2v) is 3.14. The van der Waals surface area contributed by atoms with Crippen molar-refractivity contribution < 1.29 is 14.6 Å². The van der Waals surface area contributed by atoms with E-state index in [1.807, 2.05) is 25.1 Å². The maximum absolute atomic E-state index is 8.85. The molecule has 0 aliphatic carbocycles. The molecule has 0 aliphatic rings. The summed E-state index contributed by atoms with van der Waals surface area (Å²) in [5.41, 5.74) is 2.15. The van der Waals surface area contributed by atoms with Crippen molar-refractivity contribution in [3.8, 4) is 5.75 Å². The first kappa shape index (κ1) is 11.0. The lowest BCUT2D eigenvalue weighted by Crippen LogP contribution is -2.03. The van der Waals surface area contributed by atoms with E-state index in [4.69, 9.17) is 14.6 Å². The average Bonchev–Trinajstić information content (AvgIpc) is 2.18. The average molecular weight is 196 g/mol. The van der Waals surface area contributed by atoms with Gasteiger partial charge in [0.2, 0.25) is 0 Å². The maximum atomic E-state index is 8.85. The van der Waals surface area contributed by atoms with Crippen molar-refractivity contribution in [2.45, 2.75) is 13.3 Å². The molecule has 1 N–H and O–H groups in total. The largest absolute Gasteiger partial charge is 0.467 e. The van der Waals surface area contributed by atoms with Crippen LogP contribution in [0, 0.1) is 6.92 Å². The molecule has 0 aromatic heterocycles.